The Hall–Kier alpha value is -1.10. The Morgan fingerprint density at radius 1 is 1.59 bits per heavy atom. The van der Waals surface area contributed by atoms with Crippen molar-refractivity contribution in [1.29, 1.82) is 0 Å². The first-order valence-corrected chi connectivity index (χ1v) is 6.51. The third-order valence-electron chi connectivity index (χ3n) is 2.69. The standard InChI is InChI=1S/C12H15FN2OS/c1-12(2)8-15(5-6-17-12)11(16)9-3-4-14-10(13)7-9/h3-4,7H,5-6,8H2,1-2H3. The fourth-order valence-corrected chi connectivity index (χ4v) is 3.02. The highest BCUT2D eigenvalue weighted by atomic mass is 32.2. The van der Waals surface area contributed by atoms with E-state index in [2.05, 4.69) is 18.8 Å². The average molecular weight is 254 g/mol. The number of carbonyl (C=O) groups excluding carboxylic acids is 1. The van der Waals surface area contributed by atoms with Gasteiger partial charge in [-0.25, -0.2) is 4.98 Å². The molecule has 1 aliphatic heterocycles. The molecule has 2 heterocycles. The van der Waals surface area contributed by atoms with Gasteiger partial charge in [-0.2, -0.15) is 16.2 Å². The Labute approximate surface area is 104 Å². The molecule has 1 saturated heterocycles. The van der Waals surface area contributed by atoms with Crippen LogP contribution in [0, 0.1) is 5.95 Å². The second-order valence-electron chi connectivity index (χ2n) is 4.70. The number of hydrogen-bond donors (Lipinski definition) is 0. The van der Waals surface area contributed by atoms with Gasteiger partial charge in [-0.15, -0.1) is 0 Å². The smallest absolute Gasteiger partial charge is 0.254 e. The molecule has 0 atom stereocenters. The molecule has 2 rings (SSSR count). The molecule has 17 heavy (non-hydrogen) atoms. The van der Waals surface area contributed by atoms with Gasteiger partial charge in [0.15, 0.2) is 0 Å². The van der Waals surface area contributed by atoms with E-state index < -0.39 is 5.95 Å². The van der Waals surface area contributed by atoms with Gasteiger partial charge >= 0.3 is 0 Å². The lowest BCUT2D eigenvalue weighted by Crippen LogP contribution is -2.46. The number of nitrogens with zero attached hydrogens (tertiary/aromatic N) is 2. The van der Waals surface area contributed by atoms with Crippen molar-refractivity contribution in [3.8, 4) is 0 Å². The Morgan fingerprint density at radius 3 is 3.00 bits per heavy atom. The quantitative estimate of drug-likeness (QED) is 0.720. The van der Waals surface area contributed by atoms with Crippen molar-refractivity contribution in [2.24, 2.45) is 0 Å². The van der Waals surface area contributed by atoms with Gasteiger partial charge in [-0.1, -0.05) is 0 Å². The summed E-state index contributed by atoms with van der Waals surface area (Å²) in [6, 6.07) is 2.75. The molecule has 0 unspecified atom stereocenters. The number of halogens is 1. The number of aromatic nitrogens is 1. The molecule has 0 spiro atoms. The summed E-state index contributed by atoms with van der Waals surface area (Å²) in [5.74, 6) is 0.202. The highest BCUT2D eigenvalue weighted by molar-refractivity contribution is 8.00. The zero-order valence-corrected chi connectivity index (χ0v) is 10.8. The maximum Gasteiger partial charge on any atom is 0.254 e. The molecule has 1 aliphatic rings. The third kappa shape index (κ3) is 2.97. The van der Waals surface area contributed by atoms with Gasteiger partial charge in [-0.05, 0) is 19.9 Å². The van der Waals surface area contributed by atoms with Gasteiger partial charge in [-0.3, -0.25) is 4.79 Å². The van der Waals surface area contributed by atoms with Crippen LogP contribution in [0.1, 0.15) is 24.2 Å². The van der Waals surface area contributed by atoms with Crippen LogP contribution in [0.2, 0.25) is 0 Å². The molecule has 0 bridgehead atoms. The molecular formula is C12H15FN2OS. The van der Waals surface area contributed by atoms with E-state index in [1.165, 1.54) is 12.3 Å². The van der Waals surface area contributed by atoms with Crippen LogP contribution in [-0.2, 0) is 0 Å². The first-order valence-electron chi connectivity index (χ1n) is 5.53. The molecule has 0 radical (unpaired) electrons. The van der Waals surface area contributed by atoms with E-state index >= 15 is 0 Å². The van der Waals surface area contributed by atoms with E-state index in [4.69, 9.17) is 0 Å². The summed E-state index contributed by atoms with van der Waals surface area (Å²) in [7, 11) is 0. The first kappa shape index (κ1) is 12.4. The molecule has 0 aliphatic carbocycles. The molecule has 0 N–H and O–H groups in total. The minimum atomic E-state index is -0.610. The molecule has 5 heteroatoms. The molecule has 0 saturated carbocycles. The van der Waals surface area contributed by atoms with Crippen molar-refractivity contribution < 1.29 is 9.18 Å². The number of hydrogen-bond acceptors (Lipinski definition) is 3. The van der Waals surface area contributed by atoms with Gasteiger partial charge < -0.3 is 4.90 Å². The van der Waals surface area contributed by atoms with Crippen molar-refractivity contribution in [1.82, 2.24) is 9.88 Å². The molecule has 3 nitrogen and oxygen atoms in total. The van der Waals surface area contributed by atoms with Crippen LogP contribution < -0.4 is 0 Å². The van der Waals surface area contributed by atoms with E-state index in [1.54, 1.807) is 11.0 Å². The number of amides is 1. The summed E-state index contributed by atoms with van der Waals surface area (Å²) in [4.78, 5) is 17.4. The molecule has 1 aromatic rings. The average Bonchev–Trinajstić information content (AvgIpc) is 2.26. The van der Waals surface area contributed by atoms with Crippen molar-refractivity contribution in [2.45, 2.75) is 18.6 Å². The SMILES string of the molecule is CC1(C)CN(C(=O)c2ccnc(F)c2)CCS1. The number of thioether (sulfide) groups is 1. The molecular weight excluding hydrogens is 239 g/mol. The Bertz CT molecular complexity index is 436. The monoisotopic (exact) mass is 254 g/mol. The van der Waals surface area contributed by atoms with Crippen molar-refractivity contribution >= 4 is 17.7 Å². The van der Waals surface area contributed by atoms with E-state index in [9.17, 15) is 9.18 Å². The maximum absolute atomic E-state index is 13.0. The summed E-state index contributed by atoms with van der Waals surface area (Å²) in [5.41, 5.74) is 0.375. The van der Waals surface area contributed by atoms with E-state index in [1.807, 2.05) is 11.8 Å². The lowest BCUT2D eigenvalue weighted by atomic mass is 10.1. The zero-order chi connectivity index (χ0) is 12.5. The van der Waals surface area contributed by atoms with Crippen LogP contribution in [0.5, 0.6) is 0 Å². The highest BCUT2D eigenvalue weighted by Crippen LogP contribution is 2.30. The molecule has 1 aromatic heterocycles. The first-order chi connectivity index (χ1) is 7.98. The lowest BCUT2D eigenvalue weighted by molar-refractivity contribution is 0.0747. The Morgan fingerprint density at radius 2 is 2.35 bits per heavy atom. The van der Waals surface area contributed by atoms with Crippen LogP contribution in [0.15, 0.2) is 18.3 Å². The van der Waals surface area contributed by atoms with Crippen LogP contribution in [0.3, 0.4) is 0 Å². The molecule has 92 valence electrons. The summed E-state index contributed by atoms with van der Waals surface area (Å²) in [6.07, 6.45) is 1.33. The second kappa shape index (κ2) is 4.64. The van der Waals surface area contributed by atoms with E-state index in [0.717, 1.165) is 12.3 Å². The van der Waals surface area contributed by atoms with Crippen LogP contribution in [-0.4, -0.2) is 39.4 Å². The normalized spacial score (nSPS) is 19.1. The number of pyridine rings is 1. The largest absolute Gasteiger partial charge is 0.336 e. The topological polar surface area (TPSA) is 33.2 Å². The number of carbonyl (C=O) groups is 1. The van der Waals surface area contributed by atoms with Crippen LogP contribution in [0.4, 0.5) is 4.39 Å². The van der Waals surface area contributed by atoms with Gasteiger partial charge in [0.2, 0.25) is 5.95 Å². The number of rotatable bonds is 1. The fourth-order valence-electron chi connectivity index (χ4n) is 1.91. The Balaban J connectivity index is 2.15. The van der Waals surface area contributed by atoms with Crippen molar-refractivity contribution in [2.75, 3.05) is 18.8 Å². The van der Waals surface area contributed by atoms with Gasteiger partial charge in [0.05, 0.1) is 0 Å². The minimum Gasteiger partial charge on any atom is -0.336 e. The van der Waals surface area contributed by atoms with Crippen molar-refractivity contribution in [3.63, 3.8) is 0 Å². The van der Waals surface area contributed by atoms with Gasteiger partial charge in [0.25, 0.3) is 5.91 Å². The Kier molecular flexibility index (Phi) is 3.38. The minimum absolute atomic E-state index is 0.0689. The summed E-state index contributed by atoms with van der Waals surface area (Å²) < 4.78 is 13.0. The lowest BCUT2D eigenvalue weighted by Gasteiger charge is -2.37. The van der Waals surface area contributed by atoms with Crippen LogP contribution >= 0.6 is 11.8 Å². The summed E-state index contributed by atoms with van der Waals surface area (Å²) in [5, 5.41) is 0. The van der Waals surface area contributed by atoms with Crippen molar-refractivity contribution in [3.05, 3.63) is 29.8 Å². The van der Waals surface area contributed by atoms with Gasteiger partial charge in [0, 0.05) is 41.4 Å². The predicted octanol–water partition coefficient (Wildman–Crippen LogP) is 2.19. The van der Waals surface area contributed by atoms with E-state index in [0.29, 0.717) is 12.1 Å². The summed E-state index contributed by atoms with van der Waals surface area (Å²) in [6.45, 7) is 5.64. The third-order valence-corrected chi connectivity index (χ3v) is 3.98. The predicted molar refractivity (Wildman–Crippen MR) is 66.6 cm³/mol. The molecule has 1 amide bonds. The van der Waals surface area contributed by atoms with E-state index in [-0.39, 0.29) is 10.7 Å². The highest BCUT2D eigenvalue weighted by Gasteiger charge is 2.30. The molecule has 1 fully saturated rings. The fraction of sp³-hybridized carbons (Fsp3) is 0.500. The molecule has 0 aromatic carbocycles. The van der Waals surface area contributed by atoms with Gasteiger partial charge in [0.1, 0.15) is 0 Å². The van der Waals surface area contributed by atoms with Crippen LogP contribution in [0.25, 0.3) is 0 Å². The summed E-state index contributed by atoms with van der Waals surface area (Å²) >= 11 is 1.86. The maximum atomic E-state index is 13.0. The zero-order valence-electron chi connectivity index (χ0n) is 9.94. The second-order valence-corrected chi connectivity index (χ2v) is 6.50.